The average molecular weight is 416 g/mol. The first kappa shape index (κ1) is 21.4. The molecule has 0 atom stereocenters. The number of methoxy groups -OCH3 is 3. The fourth-order valence-corrected chi connectivity index (χ4v) is 3.52. The van der Waals surface area contributed by atoms with E-state index in [1.165, 1.54) is 33.5 Å². The van der Waals surface area contributed by atoms with Crippen molar-refractivity contribution in [3.05, 3.63) is 53.3 Å². The number of nitrogens with zero attached hydrogens (tertiary/aromatic N) is 2. The van der Waals surface area contributed by atoms with E-state index in [4.69, 9.17) is 14.2 Å². The summed E-state index contributed by atoms with van der Waals surface area (Å²) in [5, 5.41) is 0. The predicted octanol–water partition coefficient (Wildman–Crippen LogP) is 2.84. The van der Waals surface area contributed by atoms with Gasteiger partial charge in [-0.25, -0.2) is 4.39 Å². The molecule has 1 heterocycles. The van der Waals surface area contributed by atoms with E-state index >= 15 is 0 Å². The van der Waals surface area contributed by atoms with Gasteiger partial charge in [-0.1, -0.05) is 12.1 Å². The molecule has 0 aromatic heterocycles. The Hall–Kier alpha value is -3.29. The average Bonchev–Trinajstić information content (AvgIpc) is 3.03. The van der Waals surface area contributed by atoms with Gasteiger partial charge in [0.2, 0.25) is 5.75 Å². The molecule has 0 unspecified atom stereocenters. The van der Waals surface area contributed by atoms with E-state index in [0.717, 1.165) is 0 Å². The van der Waals surface area contributed by atoms with E-state index in [9.17, 15) is 14.0 Å². The highest BCUT2D eigenvalue weighted by molar-refractivity contribution is 5.96. The normalized spacial score (nSPS) is 14.1. The standard InChI is InChI=1S/C22H25FN2O5/c1-28-18-13-15(14-19(29-2)20(18)30-3)21(26)24-9-6-10-25(12-11-24)22(27)16-7-4-5-8-17(16)23/h4-5,7-8,13-14H,6,9-12H2,1-3H3. The van der Waals surface area contributed by atoms with Crippen LogP contribution in [0.3, 0.4) is 0 Å². The van der Waals surface area contributed by atoms with Crippen molar-refractivity contribution in [2.75, 3.05) is 47.5 Å². The zero-order valence-electron chi connectivity index (χ0n) is 17.3. The minimum absolute atomic E-state index is 0.0434. The molecule has 0 radical (unpaired) electrons. The summed E-state index contributed by atoms with van der Waals surface area (Å²) in [6, 6.07) is 9.14. The van der Waals surface area contributed by atoms with Crippen molar-refractivity contribution in [3.63, 3.8) is 0 Å². The van der Waals surface area contributed by atoms with E-state index in [1.807, 2.05) is 0 Å². The molecule has 1 aliphatic rings. The second kappa shape index (κ2) is 9.47. The van der Waals surface area contributed by atoms with Crippen molar-refractivity contribution < 1.29 is 28.2 Å². The largest absolute Gasteiger partial charge is 0.493 e. The Bertz CT molecular complexity index is 908. The zero-order chi connectivity index (χ0) is 21.7. The van der Waals surface area contributed by atoms with E-state index in [1.54, 1.807) is 34.1 Å². The topological polar surface area (TPSA) is 68.3 Å². The van der Waals surface area contributed by atoms with Crippen molar-refractivity contribution in [1.82, 2.24) is 9.80 Å². The van der Waals surface area contributed by atoms with Crippen molar-refractivity contribution in [1.29, 1.82) is 0 Å². The fourth-order valence-electron chi connectivity index (χ4n) is 3.52. The maximum Gasteiger partial charge on any atom is 0.256 e. The maximum atomic E-state index is 14.0. The molecule has 1 saturated heterocycles. The Balaban J connectivity index is 1.76. The summed E-state index contributed by atoms with van der Waals surface area (Å²) in [5.41, 5.74) is 0.445. The number of carbonyl (C=O) groups excluding carboxylic acids is 2. The summed E-state index contributed by atoms with van der Waals surface area (Å²) in [7, 11) is 4.48. The van der Waals surface area contributed by atoms with Crippen LogP contribution in [0.1, 0.15) is 27.1 Å². The number of rotatable bonds is 5. The van der Waals surface area contributed by atoms with Gasteiger partial charge >= 0.3 is 0 Å². The molecule has 30 heavy (non-hydrogen) atoms. The molecular formula is C22H25FN2O5. The summed E-state index contributed by atoms with van der Waals surface area (Å²) in [4.78, 5) is 29.1. The van der Waals surface area contributed by atoms with Gasteiger partial charge < -0.3 is 24.0 Å². The van der Waals surface area contributed by atoms with Gasteiger partial charge in [-0.2, -0.15) is 0 Å². The lowest BCUT2D eigenvalue weighted by Gasteiger charge is -2.23. The van der Waals surface area contributed by atoms with Gasteiger partial charge in [-0.3, -0.25) is 9.59 Å². The minimum atomic E-state index is -0.544. The molecule has 8 heteroatoms. The van der Waals surface area contributed by atoms with E-state index in [-0.39, 0.29) is 17.4 Å². The molecule has 3 rings (SSSR count). The molecule has 7 nitrogen and oxygen atoms in total. The first-order valence-corrected chi connectivity index (χ1v) is 9.63. The van der Waals surface area contributed by atoms with Gasteiger partial charge in [0.25, 0.3) is 11.8 Å². The Morgan fingerprint density at radius 1 is 0.833 bits per heavy atom. The lowest BCUT2D eigenvalue weighted by atomic mass is 10.1. The van der Waals surface area contributed by atoms with Crippen LogP contribution in [-0.2, 0) is 0 Å². The van der Waals surface area contributed by atoms with Gasteiger partial charge in [0, 0.05) is 31.7 Å². The van der Waals surface area contributed by atoms with Crippen LogP contribution >= 0.6 is 0 Å². The molecule has 0 N–H and O–H groups in total. The van der Waals surface area contributed by atoms with Crippen LogP contribution in [0, 0.1) is 5.82 Å². The molecule has 0 aliphatic carbocycles. The monoisotopic (exact) mass is 416 g/mol. The molecule has 160 valence electrons. The van der Waals surface area contributed by atoms with Gasteiger partial charge in [0.05, 0.1) is 26.9 Å². The Morgan fingerprint density at radius 3 is 1.93 bits per heavy atom. The number of hydrogen-bond acceptors (Lipinski definition) is 5. The van der Waals surface area contributed by atoms with Crippen molar-refractivity contribution in [2.45, 2.75) is 6.42 Å². The highest BCUT2D eigenvalue weighted by Gasteiger charge is 2.26. The van der Waals surface area contributed by atoms with E-state index in [2.05, 4.69) is 0 Å². The van der Waals surface area contributed by atoms with Gasteiger partial charge in [-0.05, 0) is 30.7 Å². The number of carbonyl (C=O) groups is 2. The predicted molar refractivity (Wildman–Crippen MR) is 109 cm³/mol. The molecule has 0 saturated carbocycles. The first-order valence-electron chi connectivity index (χ1n) is 9.63. The molecule has 2 amide bonds. The van der Waals surface area contributed by atoms with Crippen molar-refractivity contribution in [2.24, 2.45) is 0 Å². The van der Waals surface area contributed by atoms with E-state index in [0.29, 0.717) is 55.4 Å². The zero-order valence-corrected chi connectivity index (χ0v) is 17.3. The highest BCUT2D eigenvalue weighted by Crippen LogP contribution is 2.38. The summed E-state index contributed by atoms with van der Waals surface area (Å²) in [6.45, 7) is 1.60. The SMILES string of the molecule is COc1cc(C(=O)N2CCCN(C(=O)c3ccccc3F)CC2)cc(OC)c1OC. The van der Waals surface area contributed by atoms with E-state index < -0.39 is 5.82 Å². The second-order valence-electron chi connectivity index (χ2n) is 6.83. The summed E-state index contributed by atoms with van der Waals surface area (Å²) < 4.78 is 29.9. The summed E-state index contributed by atoms with van der Waals surface area (Å²) in [6.07, 6.45) is 0.594. The Labute approximate surface area is 174 Å². The lowest BCUT2D eigenvalue weighted by Crippen LogP contribution is -2.37. The quantitative estimate of drug-likeness (QED) is 0.750. The van der Waals surface area contributed by atoms with Gasteiger partial charge in [0.1, 0.15) is 5.82 Å². The maximum absolute atomic E-state index is 14.0. The van der Waals surface area contributed by atoms with Crippen LogP contribution in [0.4, 0.5) is 4.39 Å². The van der Waals surface area contributed by atoms with Crippen molar-refractivity contribution in [3.8, 4) is 17.2 Å². The van der Waals surface area contributed by atoms with Crippen LogP contribution in [0.2, 0.25) is 0 Å². The number of halogens is 1. The van der Waals surface area contributed by atoms with Crippen LogP contribution in [0.25, 0.3) is 0 Å². The molecule has 0 bridgehead atoms. The molecule has 2 aromatic rings. The second-order valence-corrected chi connectivity index (χ2v) is 6.83. The molecule has 1 aliphatic heterocycles. The highest BCUT2D eigenvalue weighted by atomic mass is 19.1. The van der Waals surface area contributed by atoms with Crippen LogP contribution in [0.5, 0.6) is 17.2 Å². The Kier molecular flexibility index (Phi) is 6.76. The van der Waals surface area contributed by atoms with Crippen LogP contribution < -0.4 is 14.2 Å². The van der Waals surface area contributed by atoms with Crippen LogP contribution in [0.15, 0.2) is 36.4 Å². The molecular weight excluding hydrogens is 391 g/mol. The molecule has 1 fully saturated rings. The third-order valence-electron chi connectivity index (χ3n) is 5.09. The number of hydrogen-bond donors (Lipinski definition) is 0. The molecule has 2 aromatic carbocycles. The Morgan fingerprint density at radius 2 is 1.40 bits per heavy atom. The van der Waals surface area contributed by atoms with Gasteiger partial charge in [0.15, 0.2) is 11.5 Å². The number of benzene rings is 2. The van der Waals surface area contributed by atoms with Crippen molar-refractivity contribution >= 4 is 11.8 Å². The fraction of sp³-hybridized carbons (Fsp3) is 0.364. The summed E-state index contributed by atoms with van der Waals surface area (Å²) >= 11 is 0. The first-order chi connectivity index (χ1) is 14.5. The molecule has 0 spiro atoms. The number of amides is 2. The van der Waals surface area contributed by atoms with Gasteiger partial charge in [-0.15, -0.1) is 0 Å². The summed E-state index contributed by atoms with van der Waals surface area (Å²) in [5.74, 6) is 0.0913. The third-order valence-corrected chi connectivity index (χ3v) is 5.09. The minimum Gasteiger partial charge on any atom is -0.493 e. The van der Waals surface area contributed by atoms with Crippen LogP contribution in [-0.4, -0.2) is 69.1 Å². The lowest BCUT2D eigenvalue weighted by molar-refractivity contribution is 0.0716. The number of ether oxygens (including phenoxy) is 3. The third kappa shape index (κ3) is 4.32. The smallest absolute Gasteiger partial charge is 0.256 e.